The molecular formula is C27H32N4O11. The molecule has 0 aliphatic carbocycles. The summed E-state index contributed by atoms with van der Waals surface area (Å²) in [6, 6.07) is 7.66. The van der Waals surface area contributed by atoms with Crippen molar-refractivity contribution >= 4 is 34.7 Å². The van der Waals surface area contributed by atoms with Crippen LogP contribution in [0.2, 0.25) is 0 Å². The highest BCUT2D eigenvalue weighted by molar-refractivity contribution is 6.27. The van der Waals surface area contributed by atoms with E-state index >= 15 is 0 Å². The van der Waals surface area contributed by atoms with Gasteiger partial charge in [-0.15, -0.1) is 0 Å². The van der Waals surface area contributed by atoms with Gasteiger partial charge in [-0.1, -0.05) is 6.07 Å². The quantitative estimate of drug-likeness (QED) is 0.205. The summed E-state index contributed by atoms with van der Waals surface area (Å²) in [5, 5.41) is 15.1. The van der Waals surface area contributed by atoms with Crippen LogP contribution in [0.3, 0.4) is 0 Å². The van der Waals surface area contributed by atoms with Crippen molar-refractivity contribution in [1.82, 2.24) is 14.0 Å². The first kappa shape index (κ1) is 31.6. The predicted octanol–water partition coefficient (Wildman–Crippen LogP) is 0.114. The Labute approximate surface area is 238 Å². The third kappa shape index (κ3) is 7.63. The van der Waals surface area contributed by atoms with Crippen LogP contribution in [0.5, 0.6) is 5.75 Å². The van der Waals surface area contributed by atoms with Crippen LogP contribution in [0.1, 0.15) is 23.9 Å². The molecule has 0 amide bonds. The van der Waals surface area contributed by atoms with E-state index in [2.05, 4.69) is 9.80 Å². The molecule has 42 heavy (non-hydrogen) atoms. The second-order valence-corrected chi connectivity index (χ2v) is 9.21. The number of benzene rings is 1. The summed E-state index contributed by atoms with van der Waals surface area (Å²) in [5.41, 5.74) is -0.746. The Bertz CT molecular complexity index is 1620. The van der Waals surface area contributed by atoms with Crippen molar-refractivity contribution in [2.45, 2.75) is 13.3 Å². The number of esters is 1. The summed E-state index contributed by atoms with van der Waals surface area (Å²) >= 11 is 0. The van der Waals surface area contributed by atoms with Crippen molar-refractivity contribution in [3.63, 3.8) is 0 Å². The van der Waals surface area contributed by atoms with Gasteiger partial charge in [-0.05, 0) is 25.5 Å². The lowest BCUT2D eigenvalue weighted by atomic mass is 10.2. The van der Waals surface area contributed by atoms with E-state index in [1.54, 1.807) is 32.2 Å². The van der Waals surface area contributed by atoms with E-state index < -0.39 is 17.9 Å². The normalized spacial score (nSPS) is 13.3. The van der Waals surface area contributed by atoms with Gasteiger partial charge < -0.3 is 29.0 Å². The van der Waals surface area contributed by atoms with Crippen LogP contribution in [0.25, 0.3) is 11.0 Å². The zero-order valence-corrected chi connectivity index (χ0v) is 23.4. The lowest BCUT2D eigenvalue weighted by Crippen LogP contribution is -2.49. The fraction of sp³-hybridized carbons (Fsp3) is 0.407. The number of carboxylic acids is 2. The Balaban J connectivity index is 0.000000730. The number of aliphatic carboxylic acids is 2. The van der Waals surface area contributed by atoms with Crippen LogP contribution >= 0.6 is 0 Å². The smallest absolute Gasteiger partial charge is 0.414 e. The maximum Gasteiger partial charge on any atom is 0.414 e. The molecule has 1 fully saturated rings. The van der Waals surface area contributed by atoms with Gasteiger partial charge in [0.15, 0.2) is 5.43 Å². The number of piperazine rings is 1. The summed E-state index contributed by atoms with van der Waals surface area (Å²) in [5.74, 6) is -3.42. The molecule has 2 aromatic heterocycles. The lowest BCUT2D eigenvalue weighted by Gasteiger charge is -2.36. The van der Waals surface area contributed by atoms with Crippen LogP contribution in [0, 0.1) is 0 Å². The number of carboxylic acid groups (broad SMARTS) is 2. The lowest BCUT2D eigenvalue weighted by molar-refractivity contribution is -0.159. The number of rotatable bonds is 8. The molecule has 1 aliphatic rings. The molecule has 2 N–H and O–H groups in total. The van der Waals surface area contributed by atoms with E-state index in [0.717, 1.165) is 36.7 Å². The van der Waals surface area contributed by atoms with Crippen molar-refractivity contribution in [1.29, 1.82) is 0 Å². The first-order valence-electron chi connectivity index (χ1n) is 13.0. The number of fused-ring (bicyclic) bond motifs is 1. The minimum Gasteiger partial charge on any atom is -0.493 e. The average molecular weight is 589 g/mol. The number of ether oxygens (including phenoxy) is 2. The minimum absolute atomic E-state index is 0.137. The number of aromatic nitrogens is 2. The number of carbonyl (C=O) groups excluding carboxylic acids is 1. The van der Waals surface area contributed by atoms with Crippen LogP contribution < -0.4 is 26.3 Å². The van der Waals surface area contributed by atoms with Crippen molar-refractivity contribution in [2.24, 2.45) is 14.1 Å². The second-order valence-electron chi connectivity index (χ2n) is 9.21. The van der Waals surface area contributed by atoms with E-state index in [1.165, 1.54) is 17.7 Å². The maximum absolute atomic E-state index is 12.6. The van der Waals surface area contributed by atoms with Crippen LogP contribution in [-0.4, -0.2) is 88.1 Å². The number of hydrogen-bond donors (Lipinski definition) is 2. The van der Waals surface area contributed by atoms with Crippen LogP contribution in [-0.2, 0) is 28.4 Å². The molecule has 3 heterocycles. The highest BCUT2D eigenvalue weighted by Crippen LogP contribution is 2.24. The molecule has 1 aliphatic heterocycles. The molecule has 4 rings (SSSR count). The molecular weight excluding hydrogens is 556 g/mol. The Hall–Kier alpha value is -4.92. The summed E-state index contributed by atoms with van der Waals surface area (Å²) < 4.78 is 19.0. The van der Waals surface area contributed by atoms with Crippen molar-refractivity contribution in [3.8, 4) is 5.75 Å². The second kappa shape index (κ2) is 14.1. The maximum atomic E-state index is 12.6. The molecule has 0 unspecified atom stereocenters. The number of anilines is 1. The Morgan fingerprint density at radius 2 is 1.62 bits per heavy atom. The van der Waals surface area contributed by atoms with Gasteiger partial charge in [0.1, 0.15) is 22.5 Å². The standard InChI is InChI=1S/C25H30N4O7.C2H2O4/c1-4-34-24(32)20-15-17(30)23-18(7-5-8-19(23)36-20)35-14-6-9-28-10-12-29(13-11-28)21-16-22(31)27(3)25(33)26(21)2;3-1(4)2(5)6/h5,7-8,15-16H,4,6,9-14H2,1-3H3;(H,3,4)(H,5,6). The van der Waals surface area contributed by atoms with Gasteiger partial charge in [-0.25, -0.2) is 19.2 Å². The zero-order valence-electron chi connectivity index (χ0n) is 23.4. The molecule has 3 aromatic rings. The van der Waals surface area contributed by atoms with Gasteiger partial charge in [0.05, 0.1) is 13.2 Å². The largest absolute Gasteiger partial charge is 0.493 e. The third-order valence-corrected chi connectivity index (χ3v) is 6.45. The topological polar surface area (TPSA) is 191 Å². The summed E-state index contributed by atoms with van der Waals surface area (Å²) in [6.07, 6.45) is 0.743. The highest BCUT2D eigenvalue weighted by atomic mass is 16.5. The average Bonchev–Trinajstić information content (AvgIpc) is 2.96. The molecule has 226 valence electrons. The molecule has 0 radical (unpaired) electrons. The van der Waals surface area contributed by atoms with E-state index in [-0.39, 0.29) is 34.6 Å². The highest BCUT2D eigenvalue weighted by Gasteiger charge is 2.20. The van der Waals surface area contributed by atoms with E-state index in [9.17, 15) is 19.2 Å². The molecule has 1 aromatic carbocycles. The Morgan fingerprint density at radius 3 is 2.24 bits per heavy atom. The Kier molecular flexibility index (Phi) is 10.6. The molecule has 0 spiro atoms. The van der Waals surface area contributed by atoms with Gasteiger partial charge in [0.25, 0.3) is 5.56 Å². The molecule has 0 bridgehead atoms. The van der Waals surface area contributed by atoms with Gasteiger partial charge in [-0.2, -0.15) is 0 Å². The van der Waals surface area contributed by atoms with E-state index in [1.807, 2.05) is 0 Å². The first-order valence-corrected chi connectivity index (χ1v) is 13.0. The fourth-order valence-corrected chi connectivity index (χ4v) is 4.30. The first-order chi connectivity index (χ1) is 19.9. The van der Waals surface area contributed by atoms with E-state index in [4.69, 9.17) is 33.7 Å². The Morgan fingerprint density at radius 1 is 0.952 bits per heavy atom. The molecule has 15 heteroatoms. The summed E-state index contributed by atoms with van der Waals surface area (Å²) in [7, 11) is 3.15. The van der Waals surface area contributed by atoms with Gasteiger partial charge in [-0.3, -0.25) is 23.6 Å². The monoisotopic (exact) mass is 588 g/mol. The number of hydrogen-bond acceptors (Lipinski definition) is 11. The fourth-order valence-electron chi connectivity index (χ4n) is 4.30. The molecule has 0 atom stereocenters. The van der Waals surface area contributed by atoms with Crippen molar-refractivity contribution in [3.05, 3.63) is 67.2 Å². The van der Waals surface area contributed by atoms with Gasteiger partial charge in [0.2, 0.25) is 5.76 Å². The molecule has 15 nitrogen and oxygen atoms in total. The molecule has 0 saturated carbocycles. The van der Waals surface area contributed by atoms with Crippen molar-refractivity contribution in [2.75, 3.05) is 50.8 Å². The minimum atomic E-state index is -1.82. The summed E-state index contributed by atoms with van der Waals surface area (Å²) in [4.78, 5) is 71.4. The SMILES string of the molecule is CCOC(=O)c1cc(=O)c2c(OCCCN3CCN(c4cc(=O)n(C)c(=O)n4C)CC3)cccc2o1.O=C(O)C(=O)O. The predicted molar refractivity (Wildman–Crippen MR) is 149 cm³/mol. The summed E-state index contributed by atoms with van der Waals surface area (Å²) in [6.45, 7) is 6.06. The van der Waals surface area contributed by atoms with E-state index in [0.29, 0.717) is 36.6 Å². The van der Waals surface area contributed by atoms with Crippen LogP contribution in [0.15, 0.2) is 49.1 Å². The number of carbonyl (C=O) groups is 3. The van der Waals surface area contributed by atoms with Gasteiger partial charge in [0, 0.05) is 59.0 Å². The van der Waals surface area contributed by atoms with Crippen molar-refractivity contribution < 1.29 is 38.5 Å². The van der Waals surface area contributed by atoms with Gasteiger partial charge >= 0.3 is 23.6 Å². The third-order valence-electron chi connectivity index (χ3n) is 6.45. The molecule has 1 saturated heterocycles. The zero-order chi connectivity index (χ0) is 31.0. The van der Waals surface area contributed by atoms with Crippen LogP contribution in [0.4, 0.5) is 5.82 Å². The number of nitrogens with zero attached hydrogens (tertiary/aromatic N) is 4.